The molecule has 2 amide bonds. The van der Waals surface area contributed by atoms with Gasteiger partial charge >= 0.3 is 0 Å². The lowest BCUT2D eigenvalue weighted by atomic mass is 10.1. The summed E-state index contributed by atoms with van der Waals surface area (Å²) in [5, 5.41) is 6.04. The Morgan fingerprint density at radius 3 is 2.18 bits per heavy atom. The molecule has 2 rings (SSSR count). The maximum absolute atomic E-state index is 12.6. The van der Waals surface area contributed by atoms with Crippen molar-refractivity contribution in [2.75, 3.05) is 30.3 Å². The number of carbonyl (C=O) groups excluding carboxylic acids is 2. The van der Waals surface area contributed by atoms with Crippen LogP contribution in [0.15, 0.2) is 42.5 Å². The summed E-state index contributed by atoms with van der Waals surface area (Å²) in [6, 6.07) is 13.2. The van der Waals surface area contributed by atoms with E-state index in [9.17, 15) is 9.59 Å². The third kappa shape index (κ3) is 6.12. The highest BCUT2D eigenvalue weighted by Crippen LogP contribution is 2.16. The highest BCUT2D eigenvalue weighted by atomic mass is 16.2. The van der Waals surface area contributed by atoms with Gasteiger partial charge in [0.05, 0.1) is 6.54 Å². The Bertz CT molecular complexity index is 794. The van der Waals surface area contributed by atoms with Crippen molar-refractivity contribution >= 4 is 23.2 Å². The molecule has 5 nitrogen and oxygen atoms in total. The van der Waals surface area contributed by atoms with Crippen molar-refractivity contribution in [3.05, 3.63) is 59.2 Å². The molecule has 0 radical (unpaired) electrons. The first-order valence-corrected chi connectivity index (χ1v) is 9.95. The summed E-state index contributed by atoms with van der Waals surface area (Å²) in [6.45, 7) is 9.88. The molecule has 0 bridgehead atoms. The van der Waals surface area contributed by atoms with E-state index in [0.29, 0.717) is 11.3 Å². The molecule has 0 fully saturated rings. The van der Waals surface area contributed by atoms with E-state index in [1.165, 1.54) is 0 Å². The minimum atomic E-state index is -0.126. The van der Waals surface area contributed by atoms with Gasteiger partial charge in [0.15, 0.2) is 0 Å². The van der Waals surface area contributed by atoms with Crippen LogP contribution in [0.25, 0.3) is 0 Å². The van der Waals surface area contributed by atoms with Crippen molar-refractivity contribution in [2.24, 2.45) is 0 Å². The van der Waals surface area contributed by atoms with Crippen LogP contribution in [-0.2, 0) is 4.79 Å². The van der Waals surface area contributed by atoms with Gasteiger partial charge in [-0.1, -0.05) is 26.0 Å². The van der Waals surface area contributed by atoms with E-state index in [1.807, 2.05) is 36.9 Å². The van der Waals surface area contributed by atoms with Crippen LogP contribution < -0.4 is 10.6 Å². The summed E-state index contributed by atoms with van der Waals surface area (Å²) in [7, 11) is 0. The quantitative estimate of drug-likeness (QED) is 0.666. The number of anilines is 2. The van der Waals surface area contributed by atoms with Crippen molar-refractivity contribution in [1.29, 1.82) is 0 Å². The summed E-state index contributed by atoms with van der Waals surface area (Å²) in [6.07, 6.45) is 1.88. The van der Waals surface area contributed by atoms with E-state index < -0.39 is 0 Å². The highest BCUT2D eigenvalue weighted by molar-refractivity contribution is 5.96. The molecule has 0 aliphatic heterocycles. The van der Waals surface area contributed by atoms with E-state index in [4.69, 9.17) is 0 Å². The second-order valence-electron chi connectivity index (χ2n) is 7.09. The lowest BCUT2D eigenvalue weighted by Crippen LogP contribution is -2.32. The molecule has 0 heterocycles. The summed E-state index contributed by atoms with van der Waals surface area (Å²) in [5.41, 5.74) is 4.54. The maximum Gasteiger partial charge on any atom is 0.253 e. The van der Waals surface area contributed by atoms with Crippen molar-refractivity contribution in [3.8, 4) is 0 Å². The molecule has 28 heavy (non-hydrogen) atoms. The summed E-state index contributed by atoms with van der Waals surface area (Å²) >= 11 is 0. The molecule has 0 aromatic heterocycles. The Balaban J connectivity index is 1.93. The van der Waals surface area contributed by atoms with Crippen LogP contribution >= 0.6 is 0 Å². The van der Waals surface area contributed by atoms with Gasteiger partial charge in [0.1, 0.15) is 0 Å². The molecule has 0 saturated heterocycles. The third-order valence-electron chi connectivity index (χ3n) is 4.52. The smallest absolute Gasteiger partial charge is 0.253 e. The van der Waals surface area contributed by atoms with Crippen LogP contribution in [0, 0.1) is 13.8 Å². The van der Waals surface area contributed by atoms with Gasteiger partial charge in [0, 0.05) is 30.0 Å². The average molecular weight is 382 g/mol. The SMILES string of the molecule is CCCN(CCC)C(=O)c1ccc(NC(=O)CNc2cc(C)ccc2C)cc1. The largest absolute Gasteiger partial charge is 0.376 e. The summed E-state index contributed by atoms with van der Waals surface area (Å²) < 4.78 is 0. The zero-order chi connectivity index (χ0) is 20.5. The average Bonchev–Trinajstić information content (AvgIpc) is 2.68. The van der Waals surface area contributed by atoms with Gasteiger partial charge in [-0.3, -0.25) is 9.59 Å². The molecule has 0 atom stereocenters. The van der Waals surface area contributed by atoms with Gasteiger partial charge in [-0.05, 0) is 68.1 Å². The molecule has 0 aliphatic carbocycles. The topological polar surface area (TPSA) is 61.4 Å². The number of hydrogen-bond acceptors (Lipinski definition) is 3. The molecule has 0 spiro atoms. The Morgan fingerprint density at radius 1 is 0.929 bits per heavy atom. The zero-order valence-electron chi connectivity index (χ0n) is 17.3. The van der Waals surface area contributed by atoms with Gasteiger partial charge in [0.25, 0.3) is 5.91 Å². The predicted octanol–water partition coefficient (Wildman–Crippen LogP) is 4.62. The Hall–Kier alpha value is -2.82. The van der Waals surface area contributed by atoms with Crippen molar-refractivity contribution in [3.63, 3.8) is 0 Å². The molecule has 5 heteroatoms. The Labute approximate surface area is 168 Å². The van der Waals surface area contributed by atoms with Gasteiger partial charge in [0.2, 0.25) is 5.91 Å². The van der Waals surface area contributed by atoms with E-state index in [-0.39, 0.29) is 18.4 Å². The van der Waals surface area contributed by atoms with E-state index in [1.54, 1.807) is 24.3 Å². The number of nitrogens with zero attached hydrogens (tertiary/aromatic N) is 1. The first-order chi connectivity index (χ1) is 13.4. The molecule has 2 aromatic carbocycles. The summed E-state index contributed by atoms with van der Waals surface area (Å²) in [4.78, 5) is 26.7. The fourth-order valence-electron chi connectivity index (χ4n) is 3.04. The molecule has 2 aromatic rings. The van der Waals surface area contributed by atoms with Crippen LogP contribution in [-0.4, -0.2) is 36.3 Å². The van der Waals surface area contributed by atoms with Crippen LogP contribution in [0.1, 0.15) is 48.2 Å². The maximum atomic E-state index is 12.6. The standard InChI is InChI=1S/C23H31N3O2/c1-5-13-26(14-6-2)23(28)19-9-11-20(12-10-19)25-22(27)16-24-21-15-17(3)7-8-18(21)4/h7-12,15,24H,5-6,13-14,16H2,1-4H3,(H,25,27). The minimum Gasteiger partial charge on any atom is -0.376 e. The van der Waals surface area contributed by atoms with Crippen LogP contribution in [0.5, 0.6) is 0 Å². The second kappa shape index (κ2) is 10.5. The Morgan fingerprint density at radius 2 is 1.57 bits per heavy atom. The normalized spacial score (nSPS) is 10.4. The monoisotopic (exact) mass is 381 g/mol. The van der Waals surface area contributed by atoms with Crippen molar-refractivity contribution in [2.45, 2.75) is 40.5 Å². The Kier molecular flexibility index (Phi) is 8.05. The molecule has 0 saturated carbocycles. The lowest BCUT2D eigenvalue weighted by molar-refractivity contribution is -0.114. The van der Waals surface area contributed by atoms with Crippen molar-refractivity contribution in [1.82, 2.24) is 4.90 Å². The third-order valence-corrected chi connectivity index (χ3v) is 4.52. The van der Waals surface area contributed by atoms with Crippen LogP contribution in [0.4, 0.5) is 11.4 Å². The van der Waals surface area contributed by atoms with Crippen LogP contribution in [0.2, 0.25) is 0 Å². The zero-order valence-corrected chi connectivity index (χ0v) is 17.3. The van der Waals surface area contributed by atoms with Gasteiger partial charge in [-0.25, -0.2) is 0 Å². The molecule has 2 N–H and O–H groups in total. The molecular weight excluding hydrogens is 350 g/mol. The number of aryl methyl sites for hydroxylation is 2. The minimum absolute atomic E-state index is 0.0400. The van der Waals surface area contributed by atoms with Gasteiger partial charge < -0.3 is 15.5 Å². The number of amides is 2. The second-order valence-corrected chi connectivity index (χ2v) is 7.09. The highest BCUT2D eigenvalue weighted by Gasteiger charge is 2.14. The number of rotatable bonds is 9. The molecule has 0 aliphatic rings. The first-order valence-electron chi connectivity index (χ1n) is 9.95. The van der Waals surface area contributed by atoms with Gasteiger partial charge in [-0.15, -0.1) is 0 Å². The number of hydrogen-bond donors (Lipinski definition) is 2. The fraction of sp³-hybridized carbons (Fsp3) is 0.391. The van der Waals surface area contributed by atoms with Gasteiger partial charge in [-0.2, -0.15) is 0 Å². The van der Waals surface area contributed by atoms with Crippen LogP contribution in [0.3, 0.4) is 0 Å². The van der Waals surface area contributed by atoms with E-state index in [0.717, 1.165) is 42.7 Å². The molecule has 150 valence electrons. The summed E-state index contributed by atoms with van der Waals surface area (Å²) in [5.74, 6) is -0.0864. The number of nitrogens with one attached hydrogen (secondary N) is 2. The number of carbonyl (C=O) groups is 2. The first kappa shape index (κ1) is 21.5. The van der Waals surface area contributed by atoms with E-state index in [2.05, 4.69) is 24.5 Å². The van der Waals surface area contributed by atoms with Crippen molar-refractivity contribution < 1.29 is 9.59 Å². The molecular formula is C23H31N3O2. The molecule has 0 unspecified atom stereocenters. The van der Waals surface area contributed by atoms with E-state index >= 15 is 0 Å². The lowest BCUT2D eigenvalue weighted by Gasteiger charge is -2.21. The fourth-order valence-corrected chi connectivity index (χ4v) is 3.04. The predicted molar refractivity (Wildman–Crippen MR) is 116 cm³/mol. The number of benzene rings is 2.